The van der Waals surface area contributed by atoms with Crippen molar-refractivity contribution in [2.75, 3.05) is 27.4 Å². The molecule has 1 saturated heterocycles. The van der Waals surface area contributed by atoms with Crippen molar-refractivity contribution in [3.8, 4) is 5.75 Å². The van der Waals surface area contributed by atoms with E-state index < -0.39 is 11.9 Å². The molecule has 31 heavy (non-hydrogen) atoms. The van der Waals surface area contributed by atoms with Crippen LogP contribution in [0.3, 0.4) is 0 Å². The Balaban J connectivity index is 1.76. The summed E-state index contributed by atoms with van der Waals surface area (Å²) in [6, 6.07) is 6.05. The fraction of sp³-hybridized carbons (Fsp3) is 0.435. The van der Waals surface area contributed by atoms with Crippen LogP contribution in [0.5, 0.6) is 5.75 Å². The lowest BCUT2D eigenvalue weighted by Gasteiger charge is -2.15. The Morgan fingerprint density at radius 2 is 1.68 bits per heavy atom. The molecular weight excluding hydrogens is 402 g/mol. The van der Waals surface area contributed by atoms with Gasteiger partial charge >= 0.3 is 11.9 Å². The van der Waals surface area contributed by atoms with E-state index >= 15 is 0 Å². The van der Waals surface area contributed by atoms with E-state index in [1.807, 2.05) is 19.9 Å². The summed E-state index contributed by atoms with van der Waals surface area (Å²) in [4.78, 5) is 36.6. The van der Waals surface area contributed by atoms with Gasteiger partial charge in [0.2, 0.25) is 5.78 Å². The van der Waals surface area contributed by atoms with Gasteiger partial charge < -0.3 is 23.5 Å². The second-order valence-electron chi connectivity index (χ2n) is 7.47. The van der Waals surface area contributed by atoms with Gasteiger partial charge in [-0.25, -0.2) is 9.59 Å². The van der Waals surface area contributed by atoms with E-state index in [2.05, 4.69) is 4.57 Å². The van der Waals surface area contributed by atoms with Crippen molar-refractivity contribution in [3.05, 3.63) is 52.3 Å². The number of benzene rings is 1. The fourth-order valence-electron chi connectivity index (χ4n) is 3.74. The van der Waals surface area contributed by atoms with Crippen LogP contribution in [0.4, 0.5) is 0 Å². The molecule has 1 aliphatic rings. The van der Waals surface area contributed by atoms with Gasteiger partial charge in [-0.3, -0.25) is 4.79 Å². The summed E-state index contributed by atoms with van der Waals surface area (Å²) >= 11 is 0. The van der Waals surface area contributed by atoms with Crippen LogP contribution in [-0.4, -0.2) is 55.8 Å². The Morgan fingerprint density at radius 1 is 1.03 bits per heavy atom. The van der Waals surface area contributed by atoms with Crippen molar-refractivity contribution in [1.29, 1.82) is 0 Å². The number of esters is 2. The van der Waals surface area contributed by atoms with Gasteiger partial charge in [-0.1, -0.05) is 0 Å². The van der Waals surface area contributed by atoms with Crippen molar-refractivity contribution >= 4 is 17.7 Å². The maximum atomic E-state index is 12.8. The smallest absolute Gasteiger partial charge is 0.338 e. The molecule has 0 saturated carbocycles. The van der Waals surface area contributed by atoms with Gasteiger partial charge in [-0.2, -0.15) is 0 Å². The molecule has 1 fully saturated rings. The monoisotopic (exact) mass is 429 g/mol. The minimum absolute atomic E-state index is 0.127. The number of ketones is 1. The third-order valence-corrected chi connectivity index (χ3v) is 5.40. The predicted octanol–water partition coefficient (Wildman–Crippen LogP) is 3.12. The summed E-state index contributed by atoms with van der Waals surface area (Å²) in [6.07, 6.45) is 2.24. The minimum Gasteiger partial charge on any atom is -0.485 e. The molecule has 2 aromatic rings. The van der Waals surface area contributed by atoms with Crippen molar-refractivity contribution in [1.82, 2.24) is 4.57 Å². The molecule has 0 radical (unpaired) electrons. The fourth-order valence-corrected chi connectivity index (χ4v) is 3.74. The van der Waals surface area contributed by atoms with Crippen molar-refractivity contribution in [2.24, 2.45) is 0 Å². The largest absolute Gasteiger partial charge is 0.485 e. The summed E-state index contributed by atoms with van der Waals surface area (Å²) < 4.78 is 22.9. The molecule has 2 heterocycles. The summed E-state index contributed by atoms with van der Waals surface area (Å²) in [6.45, 7) is 5.12. The van der Waals surface area contributed by atoms with Gasteiger partial charge in [0.25, 0.3) is 0 Å². The van der Waals surface area contributed by atoms with Crippen LogP contribution in [0.1, 0.15) is 55.3 Å². The summed E-state index contributed by atoms with van der Waals surface area (Å²) in [5.41, 5.74) is 2.68. The molecule has 1 aliphatic heterocycles. The van der Waals surface area contributed by atoms with E-state index in [1.165, 1.54) is 32.4 Å². The van der Waals surface area contributed by atoms with Crippen LogP contribution in [0.2, 0.25) is 0 Å². The minimum atomic E-state index is -0.625. The third-order valence-electron chi connectivity index (χ3n) is 5.40. The molecule has 0 unspecified atom stereocenters. The summed E-state index contributed by atoms with van der Waals surface area (Å²) in [7, 11) is 2.48. The van der Waals surface area contributed by atoms with Crippen LogP contribution in [0, 0.1) is 13.8 Å². The maximum Gasteiger partial charge on any atom is 0.338 e. The molecule has 0 amide bonds. The highest BCUT2D eigenvalue weighted by Crippen LogP contribution is 2.22. The number of ether oxygens (including phenoxy) is 4. The van der Waals surface area contributed by atoms with Gasteiger partial charge in [0.1, 0.15) is 5.75 Å². The van der Waals surface area contributed by atoms with Crippen LogP contribution in [0.15, 0.2) is 24.3 Å². The Kier molecular flexibility index (Phi) is 7.12. The molecule has 0 spiro atoms. The number of hydrogen-bond acceptors (Lipinski definition) is 7. The number of carbonyl (C=O) groups is 3. The van der Waals surface area contributed by atoms with Crippen molar-refractivity contribution in [3.63, 3.8) is 0 Å². The number of nitrogens with zero attached hydrogens (tertiary/aromatic N) is 1. The molecule has 8 heteroatoms. The Labute approximate surface area is 181 Å². The lowest BCUT2D eigenvalue weighted by atomic mass is 10.1. The lowest BCUT2D eigenvalue weighted by Crippen LogP contribution is -2.18. The van der Waals surface area contributed by atoms with Gasteiger partial charge in [-0.05, 0) is 51.0 Å². The number of aromatic nitrogens is 1. The molecule has 0 aliphatic carbocycles. The van der Waals surface area contributed by atoms with E-state index in [-0.39, 0.29) is 35.4 Å². The summed E-state index contributed by atoms with van der Waals surface area (Å²) in [5.74, 6) is -1.25. The van der Waals surface area contributed by atoms with E-state index in [0.717, 1.165) is 37.4 Å². The van der Waals surface area contributed by atoms with Gasteiger partial charge in [0.15, 0.2) is 6.61 Å². The van der Waals surface area contributed by atoms with Gasteiger partial charge in [0, 0.05) is 30.1 Å². The number of Topliss-reactive ketones (excluding diaryl/α,β-unsaturated/α-hetero) is 1. The first-order valence-electron chi connectivity index (χ1n) is 10.1. The Hall–Kier alpha value is -3.13. The summed E-state index contributed by atoms with van der Waals surface area (Å²) in [5, 5.41) is 0. The number of aryl methyl sites for hydroxylation is 1. The first-order valence-corrected chi connectivity index (χ1v) is 10.1. The average molecular weight is 429 g/mol. The third kappa shape index (κ3) is 5.14. The number of hydrogen-bond donors (Lipinski definition) is 0. The normalized spacial score (nSPS) is 15.5. The zero-order valence-electron chi connectivity index (χ0n) is 18.2. The first-order chi connectivity index (χ1) is 14.8. The zero-order chi connectivity index (χ0) is 22.5. The molecule has 1 atom stereocenters. The topological polar surface area (TPSA) is 93.1 Å². The standard InChI is InChI=1S/C23H27NO7/c1-14-8-20(15(2)24(14)12-18-6-5-7-30-18)21(25)13-31-19-10-16(22(26)28-3)9-17(11-19)23(27)29-4/h8-11,18H,5-7,12-13H2,1-4H3/t18-/m1/s1. The number of carbonyl (C=O) groups excluding carboxylic acids is 3. The highest BCUT2D eigenvalue weighted by atomic mass is 16.5. The molecule has 0 bridgehead atoms. The average Bonchev–Trinajstić information content (AvgIpc) is 3.39. The van der Waals surface area contributed by atoms with Gasteiger partial charge in [0.05, 0.1) is 31.5 Å². The quantitative estimate of drug-likeness (QED) is 0.470. The Bertz CT molecular complexity index is 952. The second-order valence-corrected chi connectivity index (χ2v) is 7.47. The number of methoxy groups -OCH3 is 2. The molecule has 3 rings (SSSR count). The first kappa shape index (κ1) is 22.6. The molecular formula is C23H27NO7. The lowest BCUT2D eigenvalue weighted by molar-refractivity contribution is 0.0598. The van der Waals surface area contributed by atoms with Crippen LogP contribution < -0.4 is 4.74 Å². The second kappa shape index (κ2) is 9.78. The van der Waals surface area contributed by atoms with Crippen LogP contribution in [0.25, 0.3) is 0 Å². The van der Waals surface area contributed by atoms with Crippen molar-refractivity contribution < 1.29 is 33.3 Å². The predicted molar refractivity (Wildman–Crippen MR) is 112 cm³/mol. The van der Waals surface area contributed by atoms with E-state index in [1.54, 1.807) is 0 Å². The number of rotatable bonds is 8. The van der Waals surface area contributed by atoms with Crippen LogP contribution >= 0.6 is 0 Å². The molecule has 166 valence electrons. The zero-order valence-corrected chi connectivity index (χ0v) is 18.2. The van der Waals surface area contributed by atoms with E-state index in [9.17, 15) is 14.4 Å². The van der Waals surface area contributed by atoms with Crippen LogP contribution in [-0.2, 0) is 20.8 Å². The molecule has 0 N–H and O–H groups in total. The van der Waals surface area contributed by atoms with Crippen molar-refractivity contribution in [2.45, 2.75) is 39.3 Å². The molecule has 8 nitrogen and oxygen atoms in total. The SMILES string of the molecule is COC(=O)c1cc(OCC(=O)c2cc(C)n(C[C@H]3CCCO3)c2C)cc(C(=O)OC)c1. The highest BCUT2D eigenvalue weighted by molar-refractivity contribution is 5.99. The van der Waals surface area contributed by atoms with E-state index in [4.69, 9.17) is 18.9 Å². The molecule has 1 aromatic heterocycles. The van der Waals surface area contributed by atoms with E-state index in [0.29, 0.717) is 5.56 Å². The highest BCUT2D eigenvalue weighted by Gasteiger charge is 2.22. The van der Waals surface area contributed by atoms with Gasteiger partial charge in [-0.15, -0.1) is 0 Å². The maximum absolute atomic E-state index is 12.8. The molecule has 1 aromatic carbocycles. The Morgan fingerprint density at radius 3 is 2.23 bits per heavy atom.